The molecule has 1 unspecified atom stereocenters. The Morgan fingerprint density at radius 2 is 1.76 bits per heavy atom. The fourth-order valence-corrected chi connectivity index (χ4v) is 2.58. The zero-order valence-corrected chi connectivity index (χ0v) is 14.7. The lowest BCUT2D eigenvalue weighted by Crippen LogP contribution is -2.48. The smallest absolute Gasteiger partial charge is 0.333 e. The number of hydrogen-bond acceptors (Lipinski definition) is 5. The molecule has 0 bridgehead atoms. The first-order chi connectivity index (χ1) is 12.1. The van der Waals surface area contributed by atoms with E-state index in [9.17, 15) is 9.59 Å². The van der Waals surface area contributed by atoms with Gasteiger partial charge in [-0.25, -0.2) is 9.86 Å². The SMILES string of the molecule is CCOCC(C(=O)OCC)N(OC)C(=O)c1cccc2ccccc12. The van der Waals surface area contributed by atoms with Crippen molar-refractivity contribution in [2.24, 2.45) is 0 Å². The number of carbonyl (C=O) groups excluding carboxylic acids is 2. The molecule has 0 radical (unpaired) electrons. The van der Waals surface area contributed by atoms with E-state index in [2.05, 4.69) is 0 Å². The molecule has 2 aromatic rings. The van der Waals surface area contributed by atoms with E-state index in [0.29, 0.717) is 12.2 Å². The van der Waals surface area contributed by atoms with E-state index in [1.165, 1.54) is 7.11 Å². The van der Waals surface area contributed by atoms with Gasteiger partial charge >= 0.3 is 5.97 Å². The van der Waals surface area contributed by atoms with Crippen molar-refractivity contribution in [2.75, 3.05) is 26.9 Å². The summed E-state index contributed by atoms with van der Waals surface area (Å²) in [4.78, 5) is 30.6. The molecule has 0 fully saturated rings. The average Bonchev–Trinajstić information content (AvgIpc) is 2.64. The number of carbonyl (C=O) groups is 2. The molecule has 0 aliphatic heterocycles. The predicted molar refractivity (Wildman–Crippen MR) is 94.0 cm³/mol. The normalized spacial score (nSPS) is 12.0. The van der Waals surface area contributed by atoms with Gasteiger partial charge < -0.3 is 9.47 Å². The third-order valence-electron chi connectivity index (χ3n) is 3.74. The van der Waals surface area contributed by atoms with Crippen LogP contribution in [0, 0.1) is 0 Å². The molecule has 1 atom stereocenters. The molecule has 1 amide bonds. The Hall–Kier alpha value is -2.44. The van der Waals surface area contributed by atoms with E-state index in [1.807, 2.05) is 37.3 Å². The van der Waals surface area contributed by atoms with Gasteiger partial charge in [-0.05, 0) is 30.7 Å². The maximum Gasteiger partial charge on any atom is 0.333 e. The Morgan fingerprint density at radius 3 is 2.44 bits per heavy atom. The first-order valence-corrected chi connectivity index (χ1v) is 8.23. The zero-order valence-electron chi connectivity index (χ0n) is 14.7. The first-order valence-electron chi connectivity index (χ1n) is 8.23. The fraction of sp³-hybridized carbons (Fsp3) is 0.368. The van der Waals surface area contributed by atoms with E-state index in [-0.39, 0.29) is 13.2 Å². The highest BCUT2D eigenvalue weighted by Crippen LogP contribution is 2.21. The van der Waals surface area contributed by atoms with Gasteiger partial charge in [-0.3, -0.25) is 9.63 Å². The minimum absolute atomic E-state index is 0.000318. The summed E-state index contributed by atoms with van der Waals surface area (Å²) in [5.74, 6) is -0.983. The van der Waals surface area contributed by atoms with Gasteiger partial charge in [-0.2, -0.15) is 0 Å². The molecule has 0 N–H and O–H groups in total. The van der Waals surface area contributed by atoms with Gasteiger partial charge in [0.05, 0.1) is 20.3 Å². The molecule has 2 aromatic carbocycles. The molecule has 0 aliphatic rings. The van der Waals surface area contributed by atoms with E-state index in [4.69, 9.17) is 14.3 Å². The number of hydroxylamine groups is 2. The first kappa shape index (κ1) is 18.9. The summed E-state index contributed by atoms with van der Waals surface area (Å²) in [6.07, 6.45) is 0. The van der Waals surface area contributed by atoms with Crippen LogP contribution in [0.15, 0.2) is 42.5 Å². The number of esters is 1. The van der Waals surface area contributed by atoms with E-state index in [1.54, 1.807) is 19.1 Å². The number of amides is 1. The van der Waals surface area contributed by atoms with Gasteiger partial charge in [-0.15, -0.1) is 0 Å². The van der Waals surface area contributed by atoms with Crippen LogP contribution in [0.25, 0.3) is 10.8 Å². The summed E-state index contributed by atoms with van der Waals surface area (Å²) >= 11 is 0. The minimum atomic E-state index is -0.976. The van der Waals surface area contributed by atoms with Gasteiger partial charge in [0.2, 0.25) is 0 Å². The van der Waals surface area contributed by atoms with E-state index >= 15 is 0 Å². The van der Waals surface area contributed by atoms with Crippen molar-refractivity contribution in [1.82, 2.24) is 5.06 Å². The van der Waals surface area contributed by atoms with Crippen molar-refractivity contribution in [2.45, 2.75) is 19.9 Å². The Kier molecular flexibility index (Phi) is 6.91. The second-order valence-corrected chi connectivity index (χ2v) is 5.27. The van der Waals surface area contributed by atoms with Crippen molar-refractivity contribution in [1.29, 1.82) is 0 Å². The maximum absolute atomic E-state index is 13.0. The molecule has 0 aromatic heterocycles. The number of hydrogen-bond donors (Lipinski definition) is 0. The number of nitrogens with zero attached hydrogens (tertiary/aromatic N) is 1. The summed E-state index contributed by atoms with van der Waals surface area (Å²) in [7, 11) is 1.35. The van der Waals surface area contributed by atoms with Crippen molar-refractivity contribution in [3.8, 4) is 0 Å². The molecule has 0 spiro atoms. The van der Waals surface area contributed by atoms with Crippen molar-refractivity contribution in [3.63, 3.8) is 0 Å². The largest absolute Gasteiger partial charge is 0.464 e. The van der Waals surface area contributed by atoms with E-state index < -0.39 is 17.9 Å². The summed E-state index contributed by atoms with van der Waals surface area (Å²) < 4.78 is 10.4. The molecule has 6 nitrogen and oxygen atoms in total. The Bertz CT molecular complexity index is 725. The average molecular weight is 345 g/mol. The lowest BCUT2D eigenvalue weighted by atomic mass is 10.0. The monoisotopic (exact) mass is 345 g/mol. The third-order valence-corrected chi connectivity index (χ3v) is 3.74. The lowest BCUT2D eigenvalue weighted by molar-refractivity contribution is -0.177. The summed E-state index contributed by atoms with van der Waals surface area (Å²) in [5, 5.41) is 2.74. The summed E-state index contributed by atoms with van der Waals surface area (Å²) in [6, 6.07) is 12.0. The van der Waals surface area contributed by atoms with Gasteiger partial charge in [0, 0.05) is 12.2 Å². The Morgan fingerprint density at radius 1 is 1.04 bits per heavy atom. The van der Waals surface area contributed by atoms with Gasteiger partial charge in [0.25, 0.3) is 5.91 Å². The van der Waals surface area contributed by atoms with Crippen LogP contribution < -0.4 is 0 Å². The van der Waals surface area contributed by atoms with Crippen LogP contribution in [0.1, 0.15) is 24.2 Å². The van der Waals surface area contributed by atoms with Crippen molar-refractivity contribution < 1.29 is 23.9 Å². The summed E-state index contributed by atoms with van der Waals surface area (Å²) in [5.41, 5.74) is 0.450. The van der Waals surface area contributed by atoms with Crippen LogP contribution >= 0.6 is 0 Å². The molecule has 25 heavy (non-hydrogen) atoms. The minimum Gasteiger partial charge on any atom is -0.464 e. The van der Waals surface area contributed by atoms with Gasteiger partial charge in [0.15, 0.2) is 6.04 Å². The molecular weight excluding hydrogens is 322 g/mol. The van der Waals surface area contributed by atoms with Gasteiger partial charge in [-0.1, -0.05) is 36.4 Å². The number of rotatable bonds is 8. The highest BCUT2D eigenvalue weighted by Gasteiger charge is 2.33. The maximum atomic E-state index is 13.0. The fourth-order valence-electron chi connectivity index (χ4n) is 2.58. The molecule has 134 valence electrons. The second-order valence-electron chi connectivity index (χ2n) is 5.27. The number of benzene rings is 2. The van der Waals surface area contributed by atoms with Crippen LogP contribution in [-0.2, 0) is 19.1 Å². The van der Waals surface area contributed by atoms with Crippen LogP contribution in [0.4, 0.5) is 0 Å². The molecule has 0 saturated heterocycles. The topological polar surface area (TPSA) is 65.1 Å². The zero-order chi connectivity index (χ0) is 18.2. The van der Waals surface area contributed by atoms with Crippen LogP contribution in [-0.4, -0.2) is 49.9 Å². The Labute approximate surface area is 147 Å². The van der Waals surface area contributed by atoms with Gasteiger partial charge in [0.1, 0.15) is 0 Å². The lowest BCUT2D eigenvalue weighted by Gasteiger charge is -2.27. The second kappa shape index (κ2) is 9.15. The van der Waals surface area contributed by atoms with E-state index in [0.717, 1.165) is 15.8 Å². The molecule has 2 rings (SSSR count). The van der Waals surface area contributed by atoms with Crippen LogP contribution in [0.5, 0.6) is 0 Å². The third kappa shape index (κ3) is 4.35. The molecular formula is C19H23NO5. The van der Waals surface area contributed by atoms with Crippen LogP contribution in [0.3, 0.4) is 0 Å². The molecule has 0 saturated carbocycles. The van der Waals surface area contributed by atoms with Crippen molar-refractivity contribution in [3.05, 3.63) is 48.0 Å². The highest BCUT2D eigenvalue weighted by molar-refractivity contribution is 6.07. The van der Waals surface area contributed by atoms with Crippen LogP contribution in [0.2, 0.25) is 0 Å². The Balaban J connectivity index is 2.38. The quantitative estimate of drug-likeness (QED) is 0.544. The molecule has 0 heterocycles. The standard InChI is InChI=1S/C19H23NO5/c1-4-24-13-17(19(22)25-5-2)20(23-3)18(21)16-12-8-10-14-9-6-7-11-15(14)16/h6-12,17H,4-5,13H2,1-3H3. The highest BCUT2D eigenvalue weighted by atomic mass is 16.7. The van der Waals surface area contributed by atoms with Crippen molar-refractivity contribution >= 4 is 22.6 Å². The number of ether oxygens (including phenoxy) is 2. The molecule has 6 heteroatoms. The summed E-state index contributed by atoms with van der Waals surface area (Å²) in [6.45, 7) is 4.14. The predicted octanol–water partition coefficient (Wildman–Crippen LogP) is 2.81. The number of fused-ring (bicyclic) bond motifs is 1. The molecule has 0 aliphatic carbocycles.